The van der Waals surface area contributed by atoms with Gasteiger partial charge in [0.25, 0.3) is 0 Å². The van der Waals surface area contributed by atoms with Crippen LogP contribution >= 0.6 is 0 Å². The Morgan fingerprint density at radius 1 is 0.902 bits per heavy atom. The lowest BCUT2D eigenvalue weighted by Gasteiger charge is -2.50. The number of halogens is 10. The fraction of sp³-hybridized carbons (Fsp3) is 0.680. The van der Waals surface area contributed by atoms with Crippen molar-refractivity contribution in [1.82, 2.24) is 0 Å². The summed E-state index contributed by atoms with van der Waals surface area (Å²) < 4.78 is 146. The van der Waals surface area contributed by atoms with Gasteiger partial charge in [0.2, 0.25) is 0 Å². The van der Waals surface area contributed by atoms with Crippen LogP contribution in [0.3, 0.4) is 0 Å². The third kappa shape index (κ3) is 4.94. The van der Waals surface area contributed by atoms with E-state index in [9.17, 15) is 58.6 Å². The van der Waals surface area contributed by atoms with Gasteiger partial charge in [-0.2, -0.15) is 43.9 Å². The number of esters is 2. The summed E-state index contributed by atoms with van der Waals surface area (Å²) in [6, 6.07) is 3.06. The van der Waals surface area contributed by atoms with Crippen molar-refractivity contribution in [1.29, 1.82) is 0 Å². The smallest absolute Gasteiger partial charge is 0.465 e. The summed E-state index contributed by atoms with van der Waals surface area (Å²) >= 11 is 0. The number of ether oxygens (including phenoxy) is 3. The van der Waals surface area contributed by atoms with Crippen molar-refractivity contribution >= 4 is 11.9 Å². The maximum atomic E-state index is 13.8. The number of phenolic OH excluding ortho intramolecular Hbond substituents is 1. The number of hydrogen-bond donors (Lipinski definition) is 1. The molecule has 16 heteroatoms. The van der Waals surface area contributed by atoms with Gasteiger partial charge in [-0.3, -0.25) is 0 Å². The third-order valence-electron chi connectivity index (χ3n) is 8.65. The van der Waals surface area contributed by atoms with Crippen molar-refractivity contribution in [2.45, 2.75) is 81.4 Å². The molecular weight excluding hydrogens is 586 g/mol. The average molecular weight is 610 g/mol. The van der Waals surface area contributed by atoms with Gasteiger partial charge in [0.15, 0.2) is 11.5 Å². The molecule has 1 aromatic carbocycles. The molecule has 2 saturated carbocycles. The van der Waals surface area contributed by atoms with Crippen LogP contribution in [-0.2, 0) is 25.5 Å². The van der Waals surface area contributed by atoms with Gasteiger partial charge in [-0.25, -0.2) is 9.59 Å². The van der Waals surface area contributed by atoms with E-state index in [4.69, 9.17) is 4.74 Å². The molecule has 6 nitrogen and oxygen atoms in total. The van der Waals surface area contributed by atoms with Crippen molar-refractivity contribution in [3.8, 4) is 11.5 Å². The molecule has 0 spiro atoms. The highest BCUT2D eigenvalue weighted by atomic mass is 19.4. The molecular formula is C25H24F10O6. The molecule has 0 bridgehead atoms. The van der Waals surface area contributed by atoms with Gasteiger partial charge in [0, 0.05) is 5.41 Å². The first-order chi connectivity index (χ1) is 18.7. The summed E-state index contributed by atoms with van der Waals surface area (Å²) in [6.45, 7) is 1.32. The van der Waals surface area contributed by atoms with Gasteiger partial charge in [-0.05, 0) is 73.1 Å². The summed E-state index contributed by atoms with van der Waals surface area (Å²) in [5.74, 6) is -19.9. The number of carbonyl (C=O) groups is 2. The van der Waals surface area contributed by atoms with Gasteiger partial charge in [-0.15, -0.1) is 0 Å². The summed E-state index contributed by atoms with van der Waals surface area (Å²) in [6.07, 6.45) is -16.9. The Balaban J connectivity index is 1.71. The van der Waals surface area contributed by atoms with E-state index >= 15 is 0 Å². The van der Waals surface area contributed by atoms with Gasteiger partial charge in [0.05, 0.1) is 7.11 Å². The second-order valence-corrected chi connectivity index (χ2v) is 10.8. The summed E-state index contributed by atoms with van der Waals surface area (Å²) in [4.78, 5) is 23.9. The number of aromatic hydroxyl groups is 1. The number of aryl methyl sites for hydroxylation is 1. The molecule has 0 unspecified atom stereocenters. The quantitative estimate of drug-likeness (QED) is 0.321. The molecule has 1 N–H and O–H groups in total. The van der Waals surface area contributed by atoms with Crippen LogP contribution in [0.25, 0.3) is 0 Å². The van der Waals surface area contributed by atoms with Crippen molar-refractivity contribution in [3.05, 3.63) is 23.3 Å². The molecule has 1 aromatic rings. The minimum absolute atomic E-state index is 0.0687. The molecule has 6 atom stereocenters. The number of hydrogen-bond acceptors (Lipinski definition) is 6. The number of alkyl halides is 10. The minimum atomic E-state index is -6.40. The molecule has 3 aliphatic rings. The van der Waals surface area contributed by atoms with E-state index in [1.54, 1.807) is 6.07 Å². The van der Waals surface area contributed by atoms with E-state index in [2.05, 4.69) is 9.47 Å². The number of carbonyl (C=O) groups excluding carboxylic acids is 2. The molecule has 41 heavy (non-hydrogen) atoms. The van der Waals surface area contributed by atoms with E-state index in [0.29, 0.717) is 12.8 Å². The van der Waals surface area contributed by atoms with E-state index in [1.807, 2.05) is 0 Å². The minimum Gasteiger partial charge on any atom is -0.504 e. The van der Waals surface area contributed by atoms with E-state index in [0.717, 1.165) is 11.1 Å². The van der Waals surface area contributed by atoms with Crippen molar-refractivity contribution in [3.63, 3.8) is 0 Å². The predicted octanol–water partition coefficient (Wildman–Crippen LogP) is 6.09. The van der Waals surface area contributed by atoms with Crippen LogP contribution in [0.1, 0.15) is 49.7 Å². The maximum absolute atomic E-state index is 13.8. The maximum Gasteiger partial charge on any atom is 0.465 e. The Labute approximate surface area is 225 Å². The Kier molecular flexibility index (Phi) is 7.42. The number of fused-ring (bicyclic) bond motifs is 5. The lowest BCUT2D eigenvalue weighted by molar-refractivity contribution is -0.290. The zero-order valence-corrected chi connectivity index (χ0v) is 21.3. The molecule has 0 aliphatic heterocycles. The second-order valence-electron chi connectivity index (χ2n) is 10.8. The van der Waals surface area contributed by atoms with E-state index in [1.165, 1.54) is 20.1 Å². The first kappa shape index (κ1) is 31.0. The van der Waals surface area contributed by atoms with E-state index in [-0.39, 0.29) is 30.3 Å². The number of rotatable bonds is 5. The number of benzene rings is 1. The van der Waals surface area contributed by atoms with Crippen molar-refractivity contribution in [2.24, 2.45) is 17.3 Å². The highest BCUT2D eigenvalue weighted by molar-refractivity contribution is 5.80. The zero-order chi connectivity index (χ0) is 30.9. The summed E-state index contributed by atoms with van der Waals surface area (Å²) in [7, 11) is 1.31. The largest absolute Gasteiger partial charge is 0.504 e. The normalized spacial score (nSPS) is 30.1. The monoisotopic (exact) mass is 610 g/mol. The molecule has 0 heterocycles. The number of phenols is 1. The topological polar surface area (TPSA) is 82.1 Å². The molecule has 4 rings (SSSR count). The first-order valence-corrected chi connectivity index (χ1v) is 12.4. The highest BCUT2D eigenvalue weighted by Gasteiger charge is 2.70. The molecule has 3 aliphatic carbocycles. The molecule has 0 amide bonds. The van der Waals surface area contributed by atoms with Crippen LogP contribution in [0.15, 0.2) is 12.1 Å². The van der Waals surface area contributed by atoms with Crippen LogP contribution in [0, 0.1) is 17.3 Å². The fourth-order valence-corrected chi connectivity index (χ4v) is 6.65. The van der Waals surface area contributed by atoms with Gasteiger partial charge >= 0.3 is 36.1 Å². The van der Waals surface area contributed by atoms with Crippen LogP contribution < -0.4 is 4.74 Å². The van der Waals surface area contributed by atoms with Gasteiger partial charge in [0.1, 0.15) is 12.2 Å². The Bertz CT molecular complexity index is 1210. The fourth-order valence-electron chi connectivity index (χ4n) is 6.65. The SMILES string of the molecule is COc1cc2c(cc1O)CC[C@@H]1[C@@H]2CC[C@@]2(C)[C@H]1C[C@@H](OC(=O)C(F)(F)C(F)(F)F)[C@@H]2OC(=O)C(F)(F)C(F)(F)F. The highest BCUT2D eigenvalue weighted by Crippen LogP contribution is 2.63. The zero-order valence-electron chi connectivity index (χ0n) is 21.3. The van der Waals surface area contributed by atoms with Crippen LogP contribution in [-0.4, -0.2) is 60.6 Å². The Hall–Kier alpha value is -2.94. The molecule has 0 aromatic heterocycles. The van der Waals surface area contributed by atoms with Crippen LogP contribution in [0.2, 0.25) is 0 Å². The van der Waals surface area contributed by atoms with E-state index < -0.39 is 72.0 Å². The van der Waals surface area contributed by atoms with Crippen LogP contribution in [0.4, 0.5) is 43.9 Å². The van der Waals surface area contributed by atoms with Gasteiger partial charge < -0.3 is 19.3 Å². The first-order valence-electron chi connectivity index (χ1n) is 12.4. The average Bonchev–Trinajstić information content (AvgIpc) is 3.13. The standard InChI is InChI=1S/C25H24F10O6/c1-21-6-5-11-12(4-3-10-7-15(36)16(39-2)8-13(10)11)14(21)9-17(40-19(37)22(26,27)24(30,31)32)18(21)41-20(38)23(28,29)25(33,34)35/h7-8,11-12,14,17-18,36H,3-6,9H2,1-2H3/t11-,12+,14-,17+,18-,21-/m0/s1. The molecule has 2 fully saturated rings. The van der Waals surface area contributed by atoms with Crippen molar-refractivity contribution in [2.75, 3.05) is 7.11 Å². The molecule has 0 radical (unpaired) electrons. The van der Waals surface area contributed by atoms with Crippen LogP contribution in [0.5, 0.6) is 11.5 Å². The molecule has 0 saturated heterocycles. The summed E-state index contributed by atoms with van der Waals surface area (Å²) in [5.41, 5.74) is -0.0685. The van der Waals surface area contributed by atoms with Crippen molar-refractivity contribution < 1.29 is 72.8 Å². The summed E-state index contributed by atoms with van der Waals surface area (Å²) in [5, 5.41) is 10.1. The van der Waals surface area contributed by atoms with Gasteiger partial charge in [-0.1, -0.05) is 6.92 Å². The Morgan fingerprint density at radius 2 is 1.46 bits per heavy atom. The third-order valence-corrected chi connectivity index (χ3v) is 8.65. The predicted molar refractivity (Wildman–Crippen MR) is 116 cm³/mol. The molecule has 230 valence electrons. The number of methoxy groups -OCH3 is 1. The second kappa shape index (κ2) is 9.82. The Morgan fingerprint density at radius 3 is 2.00 bits per heavy atom. The lowest BCUT2D eigenvalue weighted by atomic mass is 9.55. The lowest BCUT2D eigenvalue weighted by Crippen LogP contribution is -2.53.